The summed E-state index contributed by atoms with van der Waals surface area (Å²) >= 11 is 0. The number of nitrogens with zero attached hydrogens (tertiary/aromatic N) is 2. The number of para-hydroxylation sites is 2. The summed E-state index contributed by atoms with van der Waals surface area (Å²) in [5.41, 5.74) is 1.65. The molecule has 0 saturated heterocycles. The van der Waals surface area contributed by atoms with Crippen molar-refractivity contribution in [3.63, 3.8) is 0 Å². The number of aromatic nitrogens is 2. The minimum atomic E-state index is -0.0210. The SMILES string of the molecule is O=Cc1nc2ccccc2nc1NCCO. The molecule has 0 spiro atoms. The van der Waals surface area contributed by atoms with Crippen LogP contribution in [0.3, 0.4) is 0 Å². The van der Waals surface area contributed by atoms with Gasteiger partial charge in [0.25, 0.3) is 0 Å². The molecule has 0 saturated carbocycles. The quantitative estimate of drug-likeness (QED) is 0.742. The van der Waals surface area contributed by atoms with Crippen LogP contribution in [0, 0.1) is 0 Å². The van der Waals surface area contributed by atoms with E-state index in [0.29, 0.717) is 29.7 Å². The maximum Gasteiger partial charge on any atom is 0.172 e. The number of aliphatic hydroxyl groups excluding tert-OH is 1. The molecule has 1 aromatic carbocycles. The molecule has 2 N–H and O–H groups in total. The second-order valence-corrected chi connectivity index (χ2v) is 3.21. The van der Waals surface area contributed by atoms with Crippen LogP contribution in [0.2, 0.25) is 0 Å². The van der Waals surface area contributed by atoms with Crippen LogP contribution < -0.4 is 5.32 Å². The Hall–Kier alpha value is -2.01. The van der Waals surface area contributed by atoms with Crippen molar-refractivity contribution in [3.8, 4) is 0 Å². The Balaban J connectivity index is 2.49. The lowest BCUT2D eigenvalue weighted by Crippen LogP contribution is -2.10. The lowest BCUT2D eigenvalue weighted by atomic mass is 10.3. The van der Waals surface area contributed by atoms with Crippen LogP contribution in [0.15, 0.2) is 24.3 Å². The fraction of sp³-hybridized carbons (Fsp3) is 0.182. The van der Waals surface area contributed by atoms with Gasteiger partial charge in [0.1, 0.15) is 5.69 Å². The van der Waals surface area contributed by atoms with Gasteiger partial charge in [0.05, 0.1) is 17.6 Å². The predicted octanol–water partition coefficient (Wildman–Crippen LogP) is 0.846. The lowest BCUT2D eigenvalue weighted by molar-refractivity contribution is 0.112. The number of carbonyl (C=O) groups is 1. The highest BCUT2D eigenvalue weighted by Crippen LogP contribution is 2.14. The van der Waals surface area contributed by atoms with Crippen LogP contribution >= 0.6 is 0 Å². The smallest absolute Gasteiger partial charge is 0.172 e. The summed E-state index contributed by atoms with van der Waals surface area (Å²) in [6.07, 6.45) is 0.652. The Morgan fingerprint density at radius 3 is 2.56 bits per heavy atom. The largest absolute Gasteiger partial charge is 0.395 e. The van der Waals surface area contributed by atoms with Gasteiger partial charge in [0.2, 0.25) is 0 Å². The molecule has 0 amide bonds. The molecule has 0 fully saturated rings. The zero-order valence-electron chi connectivity index (χ0n) is 8.55. The van der Waals surface area contributed by atoms with E-state index in [2.05, 4.69) is 15.3 Å². The van der Waals surface area contributed by atoms with Crippen molar-refractivity contribution in [1.29, 1.82) is 0 Å². The van der Waals surface area contributed by atoms with Gasteiger partial charge in [-0.15, -0.1) is 0 Å². The standard InChI is InChI=1S/C11H11N3O2/c15-6-5-12-11-10(7-16)13-8-3-1-2-4-9(8)14-11/h1-4,7,15H,5-6H2,(H,12,14). The van der Waals surface area contributed by atoms with E-state index in [-0.39, 0.29) is 12.3 Å². The Morgan fingerprint density at radius 2 is 1.94 bits per heavy atom. The van der Waals surface area contributed by atoms with Crippen molar-refractivity contribution in [1.82, 2.24) is 9.97 Å². The van der Waals surface area contributed by atoms with Crippen molar-refractivity contribution < 1.29 is 9.90 Å². The molecule has 0 aliphatic heterocycles. The number of anilines is 1. The Morgan fingerprint density at radius 1 is 1.25 bits per heavy atom. The molecule has 1 aromatic heterocycles. The number of hydrogen-bond donors (Lipinski definition) is 2. The Bertz CT molecular complexity index is 514. The normalized spacial score (nSPS) is 10.3. The van der Waals surface area contributed by atoms with Crippen LogP contribution in [-0.4, -0.2) is 34.5 Å². The molecule has 2 aromatic rings. The molecule has 16 heavy (non-hydrogen) atoms. The average Bonchev–Trinajstić information content (AvgIpc) is 2.35. The molecule has 1 heterocycles. The highest BCUT2D eigenvalue weighted by molar-refractivity contribution is 5.86. The number of aliphatic hydroxyl groups is 1. The molecule has 82 valence electrons. The van der Waals surface area contributed by atoms with Gasteiger partial charge in [-0.2, -0.15) is 0 Å². The van der Waals surface area contributed by atoms with E-state index >= 15 is 0 Å². The van der Waals surface area contributed by atoms with Gasteiger partial charge in [0.15, 0.2) is 12.1 Å². The zero-order valence-corrected chi connectivity index (χ0v) is 8.55. The summed E-state index contributed by atoms with van der Waals surface area (Å²) in [5.74, 6) is 0.405. The maximum absolute atomic E-state index is 10.8. The van der Waals surface area contributed by atoms with Crippen LogP contribution in [0.4, 0.5) is 5.82 Å². The van der Waals surface area contributed by atoms with Gasteiger partial charge < -0.3 is 10.4 Å². The first kappa shape index (κ1) is 10.5. The van der Waals surface area contributed by atoms with E-state index in [9.17, 15) is 4.79 Å². The predicted molar refractivity (Wildman–Crippen MR) is 60.5 cm³/mol. The van der Waals surface area contributed by atoms with Crippen LogP contribution in [0.25, 0.3) is 11.0 Å². The maximum atomic E-state index is 10.8. The Labute approximate surface area is 92.2 Å². The first-order valence-corrected chi connectivity index (χ1v) is 4.92. The molecule has 0 radical (unpaired) electrons. The molecule has 0 atom stereocenters. The van der Waals surface area contributed by atoms with Crippen molar-refractivity contribution in [2.75, 3.05) is 18.5 Å². The number of carbonyl (C=O) groups excluding carboxylic acids is 1. The molecule has 5 heteroatoms. The molecule has 2 rings (SSSR count). The number of aldehydes is 1. The van der Waals surface area contributed by atoms with E-state index in [0.717, 1.165) is 0 Å². The molecule has 0 unspecified atom stereocenters. The van der Waals surface area contributed by atoms with Gasteiger partial charge >= 0.3 is 0 Å². The number of fused-ring (bicyclic) bond motifs is 1. The fourth-order valence-electron chi connectivity index (χ4n) is 1.40. The minimum Gasteiger partial charge on any atom is -0.395 e. The third-order valence-corrected chi connectivity index (χ3v) is 2.11. The van der Waals surface area contributed by atoms with E-state index in [1.165, 1.54) is 0 Å². The van der Waals surface area contributed by atoms with Crippen molar-refractivity contribution in [2.24, 2.45) is 0 Å². The first-order valence-electron chi connectivity index (χ1n) is 4.92. The van der Waals surface area contributed by atoms with Gasteiger partial charge in [-0.05, 0) is 12.1 Å². The first-order chi connectivity index (χ1) is 7.85. The van der Waals surface area contributed by atoms with Crippen LogP contribution in [0.1, 0.15) is 10.5 Å². The summed E-state index contributed by atoms with van der Waals surface area (Å²) in [6.45, 7) is 0.320. The van der Waals surface area contributed by atoms with E-state index in [1.54, 1.807) is 6.07 Å². The molecular formula is C11H11N3O2. The summed E-state index contributed by atoms with van der Waals surface area (Å²) in [7, 11) is 0. The molecule has 0 bridgehead atoms. The number of rotatable bonds is 4. The Kier molecular flexibility index (Phi) is 3.07. The van der Waals surface area contributed by atoms with Crippen LogP contribution in [-0.2, 0) is 0 Å². The highest BCUT2D eigenvalue weighted by Gasteiger charge is 2.06. The molecule has 0 aliphatic carbocycles. The molecule has 0 aliphatic rings. The summed E-state index contributed by atoms with van der Waals surface area (Å²) in [6, 6.07) is 7.31. The van der Waals surface area contributed by atoms with Gasteiger partial charge in [-0.3, -0.25) is 4.79 Å². The van der Waals surface area contributed by atoms with Gasteiger partial charge in [-0.25, -0.2) is 9.97 Å². The summed E-state index contributed by atoms with van der Waals surface area (Å²) in [5, 5.41) is 11.6. The number of benzene rings is 1. The second kappa shape index (κ2) is 4.67. The molecule has 5 nitrogen and oxygen atoms in total. The number of nitrogens with one attached hydrogen (secondary N) is 1. The van der Waals surface area contributed by atoms with Crippen molar-refractivity contribution in [3.05, 3.63) is 30.0 Å². The lowest BCUT2D eigenvalue weighted by Gasteiger charge is -2.06. The molecular weight excluding hydrogens is 206 g/mol. The zero-order chi connectivity index (χ0) is 11.4. The van der Waals surface area contributed by atoms with Crippen LogP contribution in [0.5, 0.6) is 0 Å². The fourth-order valence-corrected chi connectivity index (χ4v) is 1.40. The van der Waals surface area contributed by atoms with Crippen molar-refractivity contribution in [2.45, 2.75) is 0 Å². The van der Waals surface area contributed by atoms with E-state index < -0.39 is 0 Å². The topological polar surface area (TPSA) is 75.1 Å². The minimum absolute atomic E-state index is 0.0210. The van der Waals surface area contributed by atoms with Crippen molar-refractivity contribution >= 4 is 23.1 Å². The number of hydrogen-bond acceptors (Lipinski definition) is 5. The van der Waals surface area contributed by atoms with E-state index in [4.69, 9.17) is 5.11 Å². The highest BCUT2D eigenvalue weighted by atomic mass is 16.3. The summed E-state index contributed by atoms with van der Waals surface area (Å²) in [4.78, 5) is 19.3. The second-order valence-electron chi connectivity index (χ2n) is 3.21. The average molecular weight is 217 g/mol. The van der Waals surface area contributed by atoms with Gasteiger partial charge in [-0.1, -0.05) is 12.1 Å². The third kappa shape index (κ3) is 1.99. The summed E-state index contributed by atoms with van der Waals surface area (Å²) < 4.78 is 0. The third-order valence-electron chi connectivity index (χ3n) is 2.11. The van der Waals surface area contributed by atoms with Gasteiger partial charge in [0, 0.05) is 6.54 Å². The van der Waals surface area contributed by atoms with E-state index in [1.807, 2.05) is 18.2 Å². The monoisotopic (exact) mass is 217 g/mol.